The monoisotopic (exact) mass is 238 g/mol. The lowest BCUT2D eigenvalue weighted by Gasteiger charge is -2.31. The van der Waals surface area contributed by atoms with E-state index < -0.39 is 0 Å². The highest BCUT2D eigenvalue weighted by Gasteiger charge is 2.28. The Bertz CT molecular complexity index is 221. The molecule has 2 unspecified atom stereocenters. The zero-order chi connectivity index (χ0) is 12.1. The van der Waals surface area contributed by atoms with Crippen LogP contribution in [-0.4, -0.2) is 25.7 Å². The van der Waals surface area contributed by atoms with E-state index in [1.54, 1.807) is 0 Å². The minimum atomic E-state index is 0.596. The molecule has 0 amide bonds. The first-order valence-electron chi connectivity index (χ1n) is 7.66. The molecule has 2 aliphatic rings. The Balaban J connectivity index is 1.64. The van der Waals surface area contributed by atoms with Crippen molar-refractivity contribution in [3.63, 3.8) is 0 Å². The van der Waals surface area contributed by atoms with Gasteiger partial charge in [-0.1, -0.05) is 33.1 Å². The topological polar surface area (TPSA) is 24.1 Å². The Morgan fingerprint density at radius 1 is 1.29 bits per heavy atom. The maximum atomic E-state index is 3.72. The van der Waals surface area contributed by atoms with Crippen molar-refractivity contribution in [3.8, 4) is 0 Å². The van der Waals surface area contributed by atoms with Crippen molar-refractivity contribution in [3.05, 3.63) is 0 Å². The third-order valence-corrected chi connectivity index (χ3v) is 4.93. The van der Waals surface area contributed by atoms with Crippen molar-refractivity contribution in [2.45, 2.75) is 64.8 Å². The maximum absolute atomic E-state index is 3.72. The van der Waals surface area contributed by atoms with Gasteiger partial charge in [-0.15, -0.1) is 0 Å². The van der Waals surface area contributed by atoms with Crippen LogP contribution in [0.1, 0.15) is 58.8 Å². The van der Waals surface area contributed by atoms with Crippen LogP contribution in [-0.2, 0) is 0 Å². The molecule has 1 aliphatic heterocycles. The molecule has 17 heavy (non-hydrogen) atoms. The van der Waals surface area contributed by atoms with Gasteiger partial charge in [0.25, 0.3) is 0 Å². The van der Waals surface area contributed by atoms with Gasteiger partial charge in [-0.25, -0.2) is 0 Å². The van der Waals surface area contributed by atoms with Gasteiger partial charge in [0.2, 0.25) is 0 Å². The quantitative estimate of drug-likeness (QED) is 0.769. The normalized spacial score (nSPS) is 32.8. The van der Waals surface area contributed by atoms with Crippen LogP contribution in [0.3, 0.4) is 0 Å². The van der Waals surface area contributed by atoms with Crippen molar-refractivity contribution in [1.29, 1.82) is 0 Å². The highest BCUT2D eigenvalue weighted by Crippen LogP contribution is 2.36. The van der Waals surface area contributed by atoms with Crippen LogP contribution in [0.4, 0.5) is 0 Å². The summed E-state index contributed by atoms with van der Waals surface area (Å²) in [7, 11) is 0. The summed E-state index contributed by atoms with van der Waals surface area (Å²) >= 11 is 0. The predicted octanol–water partition coefficient (Wildman–Crippen LogP) is 2.93. The third-order valence-electron chi connectivity index (χ3n) is 4.93. The number of rotatable bonds is 5. The van der Waals surface area contributed by atoms with Gasteiger partial charge >= 0.3 is 0 Å². The first-order valence-corrected chi connectivity index (χ1v) is 7.66. The number of hydrogen-bond acceptors (Lipinski definition) is 2. The molecular weight excluding hydrogens is 208 g/mol. The van der Waals surface area contributed by atoms with E-state index in [-0.39, 0.29) is 0 Å². The molecule has 100 valence electrons. The fourth-order valence-electron chi connectivity index (χ4n) is 3.57. The van der Waals surface area contributed by atoms with Gasteiger partial charge in [-0.3, -0.25) is 0 Å². The van der Waals surface area contributed by atoms with Gasteiger partial charge in [0, 0.05) is 19.1 Å². The fourth-order valence-corrected chi connectivity index (χ4v) is 3.57. The van der Waals surface area contributed by atoms with Crippen LogP contribution in [0.2, 0.25) is 0 Å². The minimum absolute atomic E-state index is 0.596. The second-order valence-corrected chi connectivity index (χ2v) is 6.60. The molecule has 2 atom stereocenters. The Morgan fingerprint density at radius 2 is 2.06 bits per heavy atom. The fraction of sp³-hybridized carbons (Fsp3) is 1.00. The minimum Gasteiger partial charge on any atom is -0.315 e. The molecule has 2 rings (SSSR count). The van der Waals surface area contributed by atoms with E-state index in [4.69, 9.17) is 0 Å². The lowest BCUT2D eigenvalue weighted by molar-refractivity contribution is 0.265. The van der Waals surface area contributed by atoms with Crippen molar-refractivity contribution in [2.75, 3.05) is 19.6 Å². The van der Waals surface area contributed by atoms with Gasteiger partial charge in [-0.2, -0.15) is 0 Å². The summed E-state index contributed by atoms with van der Waals surface area (Å²) in [5, 5.41) is 7.38. The van der Waals surface area contributed by atoms with E-state index in [2.05, 4.69) is 24.5 Å². The second kappa shape index (κ2) is 6.19. The van der Waals surface area contributed by atoms with Crippen LogP contribution >= 0.6 is 0 Å². The summed E-state index contributed by atoms with van der Waals surface area (Å²) in [5.74, 6) is 0.963. The Hall–Kier alpha value is -0.0800. The molecule has 0 radical (unpaired) electrons. The molecule has 2 heteroatoms. The van der Waals surface area contributed by atoms with Crippen LogP contribution in [0.15, 0.2) is 0 Å². The van der Waals surface area contributed by atoms with Crippen LogP contribution in [0, 0.1) is 11.3 Å². The molecule has 2 nitrogen and oxygen atoms in total. The zero-order valence-corrected chi connectivity index (χ0v) is 11.7. The molecule has 1 aliphatic carbocycles. The smallest absolute Gasteiger partial charge is 0.0195 e. The maximum Gasteiger partial charge on any atom is 0.0195 e. The SMILES string of the molecule is CCC1CCNC(CNCC2(C)CCCC2)C1. The summed E-state index contributed by atoms with van der Waals surface area (Å²) in [4.78, 5) is 0. The summed E-state index contributed by atoms with van der Waals surface area (Å²) in [6, 6.07) is 0.721. The molecule has 1 saturated heterocycles. The summed E-state index contributed by atoms with van der Waals surface area (Å²) in [5.41, 5.74) is 0.596. The van der Waals surface area contributed by atoms with Crippen molar-refractivity contribution in [2.24, 2.45) is 11.3 Å². The van der Waals surface area contributed by atoms with Crippen LogP contribution in [0.5, 0.6) is 0 Å². The Labute approximate surface area is 107 Å². The summed E-state index contributed by atoms with van der Waals surface area (Å²) in [6.45, 7) is 8.41. The summed E-state index contributed by atoms with van der Waals surface area (Å²) in [6.07, 6.45) is 9.85. The van der Waals surface area contributed by atoms with Gasteiger partial charge in [0.1, 0.15) is 0 Å². The van der Waals surface area contributed by atoms with E-state index in [1.165, 1.54) is 64.6 Å². The van der Waals surface area contributed by atoms with E-state index in [0.29, 0.717) is 5.41 Å². The second-order valence-electron chi connectivity index (χ2n) is 6.60. The molecule has 0 aromatic rings. The molecular formula is C15H30N2. The highest BCUT2D eigenvalue weighted by molar-refractivity contribution is 4.84. The predicted molar refractivity (Wildman–Crippen MR) is 74.3 cm³/mol. The standard InChI is InChI=1S/C15H30N2/c1-3-13-6-9-17-14(10-13)11-16-12-15(2)7-4-5-8-15/h13-14,16-17H,3-12H2,1-2H3. The van der Waals surface area contributed by atoms with Gasteiger partial charge in [0.15, 0.2) is 0 Å². The van der Waals surface area contributed by atoms with E-state index in [0.717, 1.165) is 12.0 Å². The van der Waals surface area contributed by atoms with Crippen molar-refractivity contribution < 1.29 is 0 Å². The average Bonchev–Trinajstić information content (AvgIpc) is 2.77. The largest absolute Gasteiger partial charge is 0.315 e. The number of hydrogen-bond donors (Lipinski definition) is 2. The Morgan fingerprint density at radius 3 is 2.76 bits per heavy atom. The molecule has 2 N–H and O–H groups in total. The molecule has 2 fully saturated rings. The third kappa shape index (κ3) is 3.96. The molecule has 0 bridgehead atoms. The molecule has 0 spiro atoms. The van der Waals surface area contributed by atoms with E-state index in [9.17, 15) is 0 Å². The Kier molecular flexibility index (Phi) is 4.87. The average molecular weight is 238 g/mol. The first kappa shape index (κ1) is 13.4. The summed E-state index contributed by atoms with van der Waals surface area (Å²) < 4.78 is 0. The van der Waals surface area contributed by atoms with Crippen LogP contribution < -0.4 is 10.6 Å². The van der Waals surface area contributed by atoms with E-state index >= 15 is 0 Å². The molecule has 1 saturated carbocycles. The highest BCUT2D eigenvalue weighted by atomic mass is 15.0. The lowest BCUT2D eigenvalue weighted by atomic mass is 9.88. The van der Waals surface area contributed by atoms with Gasteiger partial charge in [0.05, 0.1) is 0 Å². The molecule has 0 aromatic carbocycles. The van der Waals surface area contributed by atoms with Gasteiger partial charge in [-0.05, 0) is 43.6 Å². The number of nitrogens with one attached hydrogen (secondary N) is 2. The zero-order valence-electron chi connectivity index (χ0n) is 11.7. The van der Waals surface area contributed by atoms with Crippen molar-refractivity contribution in [1.82, 2.24) is 10.6 Å². The number of piperidine rings is 1. The van der Waals surface area contributed by atoms with Gasteiger partial charge < -0.3 is 10.6 Å². The first-order chi connectivity index (χ1) is 8.22. The molecule has 1 heterocycles. The lowest BCUT2D eigenvalue weighted by Crippen LogP contribution is -2.46. The van der Waals surface area contributed by atoms with Crippen LogP contribution in [0.25, 0.3) is 0 Å². The van der Waals surface area contributed by atoms with E-state index in [1.807, 2.05) is 0 Å². The molecule has 0 aromatic heterocycles. The van der Waals surface area contributed by atoms with Crippen molar-refractivity contribution >= 4 is 0 Å².